The van der Waals surface area contributed by atoms with Gasteiger partial charge < -0.3 is 5.11 Å². The van der Waals surface area contributed by atoms with Crippen LogP contribution in [0.3, 0.4) is 0 Å². The second-order valence-corrected chi connectivity index (χ2v) is 5.69. The molecular formula is C16H25NO. The Balaban J connectivity index is 2.00. The zero-order valence-corrected chi connectivity index (χ0v) is 11.7. The van der Waals surface area contributed by atoms with Gasteiger partial charge in [0.25, 0.3) is 0 Å². The number of rotatable bonds is 3. The van der Waals surface area contributed by atoms with Crippen LogP contribution in [0.15, 0.2) is 18.2 Å². The van der Waals surface area contributed by atoms with E-state index in [2.05, 4.69) is 24.9 Å². The largest absolute Gasteiger partial charge is 0.508 e. The van der Waals surface area contributed by atoms with Gasteiger partial charge >= 0.3 is 0 Å². The molecule has 0 amide bonds. The summed E-state index contributed by atoms with van der Waals surface area (Å²) in [5.74, 6) is 0.432. The van der Waals surface area contributed by atoms with E-state index in [0.717, 1.165) is 12.1 Å². The first-order chi connectivity index (χ1) is 8.66. The summed E-state index contributed by atoms with van der Waals surface area (Å²) < 4.78 is 0. The number of benzene rings is 1. The van der Waals surface area contributed by atoms with E-state index in [1.807, 2.05) is 12.1 Å². The van der Waals surface area contributed by atoms with Gasteiger partial charge in [0.05, 0.1) is 0 Å². The Labute approximate surface area is 111 Å². The Morgan fingerprint density at radius 2 is 1.83 bits per heavy atom. The summed E-state index contributed by atoms with van der Waals surface area (Å²) in [7, 11) is 2.19. The van der Waals surface area contributed by atoms with Crippen molar-refractivity contribution in [1.82, 2.24) is 4.90 Å². The number of hydrogen-bond donors (Lipinski definition) is 1. The van der Waals surface area contributed by atoms with Gasteiger partial charge in [-0.1, -0.05) is 43.4 Å². The van der Waals surface area contributed by atoms with Crippen LogP contribution in [0.2, 0.25) is 0 Å². The molecule has 18 heavy (non-hydrogen) atoms. The quantitative estimate of drug-likeness (QED) is 0.820. The van der Waals surface area contributed by atoms with Crippen molar-refractivity contribution in [3.05, 3.63) is 29.3 Å². The molecule has 1 fully saturated rings. The first kappa shape index (κ1) is 13.4. The van der Waals surface area contributed by atoms with Crippen LogP contribution in [0.25, 0.3) is 0 Å². The van der Waals surface area contributed by atoms with Crippen molar-refractivity contribution in [2.75, 3.05) is 7.05 Å². The molecule has 0 aliphatic heterocycles. The van der Waals surface area contributed by atoms with E-state index in [0.29, 0.717) is 11.8 Å². The number of aromatic hydroxyl groups is 1. The molecule has 0 atom stereocenters. The maximum atomic E-state index is 9.91. The van der Waals surface area contributed by atoms with Gasteiger partial charge in [-0.15, -0.1) is 0 Å². The molecule has 1 saturated carbocycles. The van der Waals surface area contributed by atoms with Crippen LogP contribution in [0.4, 0.5) is 0 Å². The minimum absolute atomic E-state index is 0.432. The van der Waals surface area contributed by atoms with E-state index in [9.17, 15) is 5.11 Å². The fourth-order valence-corrected chi connectivity index (χ4v) is 2.94. The van der Waals surface area contributed by atoms with Crippen LogP contribution in [-0.4, -0.2) is 23.1 Å². The molecule has 1 aliphatic carbocycles. The van der Waals surface area contributed by atoms with Crippen LogP contribution < -0.4 is 0 Å². The lowest BCUT2D eigenvalue weighted by molar-refractivity contribution is 0.211. The Kier molecular flexibility index (Phi) is 4.65. The van der Waals surface area contributed by atoms with E-state index in [1.165, 1.54) is 44.1 Å². The molecule has 1 aromatic rings. The molecule has 0 bridgehead atoms. The van der Waals surface area contributed by atoms with Gasteiger partial charge in [-0.25, -0.2) is 0 Å². The summed E-state index contributed by atoms with van der Waals surface area (Å²) >= 11 is 0. The zero-order valence-electron chi connectivity index (χ0n) is 11.7. The Morgan fingerprint density at radius 3 is 2.50 bits per heavy atom. The molecule has 0 radical (unpaired) electrons. The lowest BCUT2D eigenvalue weighted by atomic mass is 10.1. The molecule has 2 heteroatoms. The molecule has 1 aromatic carbocycles. The fourth-order valence-electron chi connectivity index (χ4n) is 2.94. The first-order valence-electron chi connectivity index (χ1n) is 7.15. The third kappa shape index (κ3) is 3.49. The zero-order chi connectivity index (χ0) is 13.0. The number of phenolic OH excluding ortho intramolecular Hbond substituents is 1. The van der Waals surface area contributed by atoms with Gasteiger partial charge in [0, 0.05) is 18.2 Å². The molecule has 2 nitrogen and oxygen atoms in total. The monoisotopic (exact) mass is 247 g/mol. The number of aryl methyl sites for hydroxylation is 1. The molecule has 0 aromatic heterocycles. The molecule has 0 unspecified atom stereocenters. The van der Waals surface area contributed by atoms with E-state index in [1.54, 1.807) is 0 Å². The minimum atomic E-state index is 0.432. The topological polar surface area (TPSA) is 23.5 Å². The summed E-state index contributed by atoms with van der Waals surface area (Å²) in [6.45, 7) is 2.94. The third-order valence-electron chi connectivity index (χ3n) is 4.10. The van der Waals surface area contributed by atoms with Crippen molar-refractivity contribution < 1.29 is 5.11 Å². The number of hydrogen-bond acceptors (Lipinski definition) is 2. The van der Waals surface area contributed by atoms with Crippen LogP contribution in [0.1, 0.15) is 49.7 Å². The molecule has 0 heterocycles. The summed E-state index contributed by atoms with van der Waals surface area (Å²) in [4.78, 5) is 2.42. The van der Waals surface area contributed by atoms with Crippen molar-refractivity contribution in [2.45, 2.75) is 58.0 Å². The SMILES string of the molecule is Cc1ccc(O)c(CN(C)C2CCCCCC2)c1. The van der Waals surface area contributed by atoms with E-state index in [4.69, 9.17) is 0 Å². The maximum Gasteiger partial charge on any atom is 0.120 e. The van der Waals surface area contributed by atoms with Crippen LogP contribution in [0, 0.1) is 6.92 Å². The van der Waals surface area contributed by atoms with Gasteiger partial charge in [0.15, 0.2) is 0 Å². The molecule has 2 rings (SSSR count). The highest BCUT2D eigenvalue weighted by molar-refractivity contribution is 5.35. The van der Waals surface area contributed by atoms with Crippen LogP contribution in [-0.2, 0) is 6.54 Å². The Bertz CT molecular complexity index is 381. The van der Waals surface area contributed by atoms with Gasteiger partial charge in [0.1, 0.15) is 5.75 Å². The molecular weight excluding hydrogens is 222 g/mol. The highest BCUT2D eigenvalue weighted by atomic mass is 16.3. The lowest BCUT2D eigenvalue weighted by Gasteiger charge is -2.27. The van der Waals surface area contributed by atoms with Crippen LogP contribution >= 0.6 is 0 Å². The molecule has 1 aliphatic rings. The van der Waals surface area contributed by atoms with E-state index in [-0.39, 0.29) is 0 Å². The average Bonchev–Trinajstić information content (AvgIpc) is 2.62. The van der Waals surface area contributed by atoms with E-state index >= 15 is 0 Å². The maximum absolute atomic E-state index is 9.91. The second-order valence-electron chi connectivity index (χ2n) is 5.69. The molecule has 100 valence electrons. The highest BCUT2D eigenvalue weighted by Crippen LogP contribution is 2.25. The van der Waals surface area contributed by atoms with Gasteiger partial charge in [0.2, 0.25) is 0 Å². The van der Waals surface area contributed by atoms with Gasteiger partial charge in [-0.2, -0.15) is 0 Å². The molecule has 1 N–H and O–H groups in total. The van der Waals surface area contributed by atoms with Crippen molar-refractivity contribution in [2.24, 2.45) is 0 Å². The van der Waals surface area contributed by atoms with Gasteiger partial charge in [-0.05, 0) is 32.9 Å². The average molecular weight is 247 g/mol. The lowest BCUT2D eigenvalue weighted by Crippen LogP contribution is -2.30. The standard InChI is InChI=1S/C16H25NO/c1-13-9-10-16(18)14(11-13)12-17(2)15-7-5-3-4-6-8-15/h9-11,15,18H,3-8,12H2,1-2H3. The minimum Gasteiger partial charge on any atom is -0.508 e. The summed E-state index contributed by atoms with van der Waals surface area (Å²) in [5, 5.41) is 9.91. The van der Waals surface area contributed by atoms with Gasteiger partial charge in [-0.3, -0.25) is 4.90 Å². The first-order valence-corrected chi connectivity index (χ1v) is 7.15. The third-order valence-corrected chi connectivity index (χ3v) is 4.10. The van der Waals surface area contributed by atoms with Crippen molar-refractivity contribution in [1.29, 1.82) is 0 Å². The number of phenols is 1. The van der Waals surface area contributed by atoms with Crippen LogP contribution in [0.5, 0.6) is 5.75 Å². The normalized spacial score (nSPS) is 17.9. The Hall–Kier alpha value is -1.02. The van der Waals surface area contributed by atoms with Crippen molar-refractivity contribution in [3.8, 4) is 5.75 Å². The van der Waals surface area contributed by atoms with E-state index < -0.39 is 0 Å². The highest BCUT2D eigenvalue weighted by Gasteiger charge is 2.17. The second kappa shape index (κ2) is 6.24. The summed E-state index contributed by atoms with van der Waals surface area (Å²) in [6, 6.07) is 6.56. The summed E-state index contributed by atoms with van der Waals surface area (Å²) in [5.41, 5.74) is 2.28. The van der Waals surface area contributed by atoms with Crippen molar-refractivity contribution >= 4 is 0 Å². The summed E-state index contributed by atoms with van der Waals surface area (Å²) in [6.07, 6.45) is 8.11. The predicted octanol–water partition coefficient (Wildman–Crippen LogP) is 3.86. The molecule has 0 saturated heterocycles. The smallest absolute Gasteiger partial charge is 0.120 e. The fraction of sp³-hybridized carbons (Fsp3) is 0.625. The number of nitrogens with zero attached hydrogens (tertiary/aromatic N) is 1. The molecule has 0 spiro atoms. The Morgan fingerprint density at radius 1 is 1.17 bits per heavy atom. The predicted molar refractivity (Wildman–Crippen MR) is 75.8 cm³/mol. The van der Waals surface area contributed by atoms with Crippen molar-refractivity contribution in [3.63, 3.8) is 0 Å².